The van der Waals surface area contributed by atoms with Gasteiger partial charge in [-0.15, -0.1) is 0 Å². The lowest BCUT2D eigenvalue weighted by Crippen LogP contribution is -2.44. The zero-order valence-electron chi connectivity index (χ0n) is 9.93. The van der Waals surface area contributed by atoms with Crippen LogP contribution in [0.1, 0.15) is 38.4 Å². The summed E-state index contributed by atoms with van der Waals surface area (Å²) in [5.41, 5.74) is 0. The number of aliphatic hydroxyl groups is 1. The molecule has 1 aromatic rings. The van der Waals surface area contributed by atoms with Crippen molar-refractivity contribution >= 4 is 0 Å². The lowest BCUT2D eigenvalue weighted by Gasteiger charge is -2.36. The van der Waals surface area contributed by atoms with Crippen LogP contribution in [-0.2, 0) is 6.54 Å². The van der Waals surface area contributed by atoms with Gasteiger partial charge in [0.1, 0.15) is 5.76 Å². The van der Waals surface area contributed by atoms with E-state index in [0.717, 1.165) is 38.1 Å². The highest BCUT2D eigenvalue weighted by Gasteiger charge is 2.28. The van der Waals surface area contributed by atoms with Crippen molar-refractivity contribution in [2.75, 3.05) is 6.54 Å². The van der Waals surface area contributed by atoms with Gasteiger partial charge in [0.05, 0.1) is 18.9 Å². The minimum atomic E-state index is -0.163. The van der Waals surface area contributed by atoms with Crippen LogP contribution in [-0.4, -0.2) is 28.7 Å². The Morgan fingerprint density at radius 2 is 2.25 bits per heavy atom. The van der Waals surface area contributed by atoms with Crippen molar-refractivity contribution in [3.05, 3.63) is 24.2 Å². The molecular formula is C13H21NO2. The highest BCUT2D eigenvalue weighted by Crippen LogP contribution is 2.24. The molecule has 0 bridgehead atoms. The fraction of sp³-hybridized carbons (Fsp3) is 0.692. The van der Waals surface area contributed by atoms with Crippen molar-refractivity contribution in [3.63, 3.8) is 0 Å². The van der Waals surface area contributed by atoms with Gasteiger partial charge in [0.25, 0.3) is 0 Å². The maximum Gasteiger partial charge on any atom is 0.117 e. The SMILES string of the molecule is CCN(Cc1ccco1)[C@@H]1CCCC[C@H]1O. The first-order valence-electron chi connectivity index (χ1n) is 6.25. The second-order valence-electron chi connectivity index (χ2n) is 4.56. The van der Waals surface area contributed by atoms with Crippen LogP contribution in [0.15, 0.2) is 22.8 Å². The van der Waals surface area contributed by atoms with Gasteiger partial charge in [-0.3, -0.25) is 4.90 Å². The number of hydrogen-bond donors (Lipinski definition) is 1. The lowest BCUT2D eigenvalue weighted by molar-refractivity contribution is 0.0155. The van der Waals surface area contributed by atoms with E-state index in [4.69, 9.17) is 4.42 Å². The maximum absolute atomic E-state index is 10.0. The Bertz CT molecular complexity index is 297. The molecule has 0 radical (unpaired) electrons. The second-order valence-corrected chi connectivity index (χ2v) is 4.56. The number of furan rings is 1. The lowest BCUT2D eigenvalue weighted by atomic mass is 9.91. The molecule has 1 fully saturated rings. The Morgan fingerprint density at radius 3 is 2.88 bits per heavy atom. The van der Waals surface area contributed by atoms with E-state index in [-0.39, 0.29) is 6.10 Å². The predicted molar refractivity (Wildman–Crippen MR) is 63.1 cm³/mol. The monoisotopic (exact) mass is 223 g/mol. The number of aliphatic hydroxyl groups excluding tert-OH is 1. The molecule has 90 valence electrons. The minimum Gasteiger partial charge on any atom is -0.468 e. The third kappa shape index (κ3) is 2.66. The summed E-state index contributed by atoms with van der Waals surface area (Å²) in [6.07, 6.45) is 5.99. The largest absolute Gasteiger partial charge is 0.468 e. The Kier molecular flexibility index (Phi) is 4.02. The first-order chi connectivity index (χ1) is 7.81. The normalized spacial score (nSPS) is 26.2. The molecule has 1 N–H and O–H groups in total. The van der Waals surface area contributed by atoms with Crippen molar-refractivity contribution in [2.24, 2.45) is 0 Å². The smallest absolute Gasteiger partial charge is 0.117 e. The second kappa shape index (κ2) is 5.51. The van der Waals surface area contributed by atoms with Gasteiger partial charge in [0, 0.05) is 6.04 Å². The number of likely N-dealkylation sites (N-methyl/N-ethyl adjacent to an activating group) is 1. The summed E-state index contributed by atoms with van der Waals surface area (Å²) in [5.74, 6) is 0.986. The number of rotatable bonds is 4. The van der Waals surface area contributed by atoms with E-state index < -0.39 is 0 Å². The average Bonchev–Trinajstić information content (AvgIpc) is 2.80. The first-order valence-corrected chi connectivity index (χ1v) is 6.25. The molecule has 0 saturated heterocycles. The van der Waals surface area contributed by atoms with E-state index in [2.05, 4.69) is 11.8 Å². The van der Waals surface area contributed by atoms with Crippen molar-refractivity contribution in [1.29, 1.82) is 0 Å². The van der Waals surface area contributed by atoms with Crippen LogP contribution < -0.4 is 0 Å². The molecule has 1 aliphatic carbocycles. The van der Waals surface area contributed by atoms with E-state index in [0.29, 0.717) is 6.04 Å². The molecule has 16 heavy (non-hydrogen) atoms. The van der Waals surface area contributed by atoms with E-state index >= 15 is 0 Å². The maximum atomic E-state index is 10.0. The predicted octanol–water partition coefficient (Wildman–Crippen LogP) is 2.41. The zero-order chi connectivity index (χ0) is 11.4. The highest BCUT2D eigenvalue weighted by molar-refractivity contribution is 4.99. The van der Waals surface area contributed by atoms with E-state index in [9.17, 15) is 5.11 Å². The van der Waals surface area contributed by atoms with Crippen LogP contribution in [0.4, 0.5) is 0 Å². The van der Waals surface area contributed by atoms with Gasteiger partial charge in [-0.05, 0) is 31.5 Å². The van der Waals surface area contributed by atoms with E-state index in [1.165, 1.54) is 6.42 Å². The van der Waals surface area contributed by atoms with Gasteiger partial charge >= 0.3 is 0 Å². The summed E-state index contributed by atoms with van der Waals surface area (Å²) < 4.78 is 5.37. The third-order valence-electron chi connectivity index (χ3n) is 3.51. The Labute approximate surface area is 97.1 Å². The highest BCUT2D eigenvalue weighted by atomic mass is 16.3. The van der Waals surface area contributed by atoms with E-state index in [1.807, 2.05) is 12.1 Å². The molecule has 0 amide bonds. The Balaban J connectivity index is 1.98. The summed E-state index contributed by atoms with van der Waals surface area (Å²) in [6.45, 7) is 3.91. The fourth-order valence-corrected chi connectivity index (χ4v) is 2.58. The van der Waals surface area contributed by atoms with Crippen LogP contribution in [0.5, 0.6) is 0 Å². The molecule has 3 heteroatoms. The molecule has 3 nitrogen and oxygen atoms in total. The molecule has 2 atom stereocenters. The molecule has 0 unspecified atom stereocenters. The van der Waals surface area contributed by atoms with Gasteiger partial charge < -0.3 is 9.52 Å². The van der Waals surface area contributed by atoms with Crippen LogP contribution in [0.2, 0.25) is 0 Å². The zero-order valence-corrected chi connectivity index (χ0v) is 9.93. The summed E-state index contributed by atoms with van der Waals surface area (Å²) in [7, 11) is 0. The molecule has 1 saturated carbocycles. The van der Waals surface area contributed by atoms with Crippen molar-refractivity contribution in [2.45, 2.75) is 51.3 Å². The fourth-order valence-electron chi connectivity index (χ4n) is 2.58. The molecule has 0 spiro atoms. The van der Waals surface area contributed by atoms with Crippen LogP contribution in [0.25, 0.3) is 0 Å². The van der Waals surface area contributed by atoms with E-state index in [1.54, 1.807) is 6.26 Å². The molecular weight excluding hydrogens is 202 g/mol. The van der Waals surface area contributed by atoms with Crippen LogP contribution in [0, 0.1) is 0 Å². The van der Waals surface area contributed by atoms with Gasteiger partial charge in [-0.1, -0.05) is 19.8 Å². The van der Waals surface area contributed by atoms with Gasteiger partial charge in [-0.25, -0.2) is 0 Å². The van der Waals surface area contributed by atoms with Gasteiger partial charge in [-0.2, -0.15) is 0 Å². The van der Waals surface area contributed by atoms with Gasteiger partial charge in [0.2, 0.25) is 0 Å². The summed E-state index contributed by atoms with van der Waals surface area (Å²) in [6, 6.07) is 4.22. The summed E-state index contributed by atoms with van der Waals surface area (Å²) in [5, 5.41) is 10.0. The van der Waals surface area contributed by atoms with Crippen LogP contribution in [0.3, 0.4) is 0 Å². The quantitative estimate of drug-likeness (QED) is 0.851. The molecule has 0 aliphatic heterocycles. The number of nitrogens with zero attached hydrogens (tertiary/aromatic N) is 1. The standard InChI is InChI=1S/C13H21NO2/c1-2-14(10-11-6-5-9-16-11)12-7-3-4-8-13(12)15/h5-6,9,12-13,15H,2-4,7-8,10H2,1H3/t12-,13-/m1/s1. The molecule has 1 aliphatic rings. The first kappa shape index (κ1) is 11.7. The summed E-state index contributed by atoms with van der Waals surface area (Å²) in [4.78, 5) is 2.32. The third-order valence-corrected chi connectivity index (χ3v) is 3.51. The molecule has 1 heterocycles. The van der Waals surface area contributed by atoms with Crippen molar-refractivity contribution < 1.29 is 9.52 Å². The topological polar surface area (TPSA) is 36.6 Å². The molecule has 0 aromatic carbocycles. The Morgan fingerprint density at radius 1 is 1.44 bits per heavy atom. The number of hydrogen-bond acceptors (Lipinski definition) is 3. The van der Waals surface area contributed by atoms with Crippen molar-refractivity contribution in [1.82, 2.24) is 4.90 Å². The Hall–Kier alpha value is -0.800. The van der Waals surface area contributed by atoms with Crippen LogP contribution >= 0.6 is 0 Å². The van der Waals surface area contributed by atoms with Gasteiger partial charge in [0.15, 0.2) is 0 Å². The average molecular weight is 223 g/mol. The van der Waals surface area contributed by atoms with Crippen molar-refractivity contribution in [3.8, 4) is 0 Å². The molecule has 2 rings (SSSR count). The minimum absolute atomic E-state index is 0.163. The summed E-state index contributed by atoms with van der Waals surface area (Å²) >= 11 is 0. The molecule has 1 aromatic heterocycles.